The first kappa shape index (κ1) is 24.3. The van der Waals surface area contributed by atoms with Crippen molar-refractivity contribution in [2.75, 3.05) is 32.9 Å². The topological polar surface area (TPSA) is 105 Å². The number of aryl methyl sites for hydroxylation is 1. The van der Waals surface area contributed by atoms with Crippen molar-refractivity contribution in [2.45, 2.75) is 58.0 Å². The van der Waals surface area contributed by atoms with Crippen LogP contribution in [0.3, 0.4) is 0 Å². The van der Waals surface area contributed by atoms with Gasteiger partial charge in [0.25, 0.3) is 0 Å². The minimum absolute atomic E-state index is 0. The molecule has 1 aromatic rings. The van der Waals surface area contributed by atoms with Crippen molar-refractivity contribution in [3.8, 4) is 0 Å². The summed E-state index contributed by atoms with van der Waals surface area (Å²) < 4.78 is 26.8. The Morgan fingerprint density at radius 1 is 1.28 bits per heavy atom. The van der Waals surface area contributed by atoms with Crippen molar-refractivity contribution >= 4 is 40.0 Å². The van der Waals surface area contributed by atoms with Gasteiger partial charge in [0.05, 0.1) is 12.8 Å². The lowest BCUT2D eigenvalue weighted by Crippen LogP contribution is -2.49. The zero-order chi connectivity index (χ0) is 20.3. The maximum atomic E-state index is 11.6. The van der Waals surface area contributed by atoms with E-state index in [1.807, 2.05) is 4.68 Å². The number of hydrogen-bond acceptors (Lipinski definition) is 5. The van der Waals surface area contributed by atoms with Crippen LogP contribution in [-0.2, 0) is 23.0 Å². The third kappa shape index (κ3) is 6.51. The van der Waals surface area contributed by atoms with Gasteiger partial charge in [0, 0.05) is 45.1 Å². The van der Waals surface area contributed by atoms with Crippen molar-refractivity contribution in [1.82, 2.24) is 29.7 Å². The van der Waals surface area contributed by atoms with Gasteiger partial charge >= 0.3 is 0 Å². The van der Waals surface area contributed by atoms with E-state index in [9.17, 15) is 8.42 Å². The number of fused-ring (bicyclic) bond motifs is 1. The van der Waals surface area contributed by atoms with Crippen LogP contribution < -0.4 is 10.6 Å². The summed E-state index contributed by atoms with van der Waals surface area (Å²) in [7, 11) is -1.29. The quantitative estimate of drug-likeness (QED) is 0.331. The van der Waals surface area contributed by atoms with Crippen LogP contribution in [0.25, 0.3) is 0 Å². The number of halogens is 1. The molecule has 1 fully saturated rings. The molecule has 3 rings (SSSR count). The normalized spacial score (nSPS) is 21.6. The summed E-state index contributed by atoms with van der Waals surface area (Å²) in [6.45, 7) is 7.03. The largest absolute Gasteiger partial charge is 0.356 e. The Bertz CT molecular complexity index is 801. The second-order valence-electron chi connectivity index (χ2n) is 8.16. The van der Waals surface area contributed by atoms with Gasteiger partial charge in [-0.05, 0) is 25.2 Å². The molecule has 2 aliphatic heterocycles. The van der Waals surface area contributed by atoms with Gasteiger partial charge in [0.2, 0.25) is 10.0 Å². The first-order valence-electron chi connectivity index (χ1n) is 10.1. The first-order valence-corrected chi connectivity index (χ1v) is 12.0. The van der Waals surface area contributed by atoms with E-state index < -0.39 is 10.0 Å². The highest BCUT2D eigenvalue weighted by Crippen LogP contribution is 2.19. The fraction of sp³-hybridized carbons (Fsp3) is 0.833. The molecule has 1 aromatic heterocycles. The zero-order valence-corrected chi connectivity index (χ0v) is 20.9. The Kier molecular flexibility index (Phi) is 8.71. The fourth-order valence-corrected chi connectivity index (χ4v) is 4.64. The number of rotatable bonds is 5. The first-order chi connectivity index (χ1) is 13.3. The average Bonchev–Trinajstić information content (AvgIpc) is 3.08. The number of nitrogens with zero attached hydrogens (tertiary/aromatic N) is 5. The lowest BCUT2D eigenvalue weighted by atomic mass is 9.98. The summed E-state index contributed by atoms with van der Waals surface area (Å²) in [5.74, 6) is 3.58. The Morgan fingerprint density at radius 3 is 2.55 bits per heavy atom. The molecule has 0 aliphatic carbocycles. The highest BCUT2D eigenvalue weighted by atomic mass is 127. The molecule has 166 valence electrons. The van der Waals surface area contributed by atoms with Crippen LogP contribution >= 0.6 is 24.0 Å². The molecule has 1 saturated heterocycles. The molecule has 11 heteroatoms. The Labute approximate surface area is 191 Å². The van der Waals surface area contributed by atoms with Crippen LogP contribution in [-0.4, -0.2) is 72.4 Å². The molecule has 0 spiro atoms. The molecule has 0 aromatic carbocycles. The van der Waals surface area contributed by atoms with Crippen molar-refractivity contribution < 1.29 is 8.42 Å². The molecule has 2 N–H and O–H groups in total. The number of nitrogens with one attached hydrogen (secondary N) is 2. The molecule has 1 unspecified atom stereocenters. The standard InChI is InChI=1S/C18H33N7O2S.HI/c1-13(2)17-22-16-6-5-15(12-25(16)23-17)21-18(19-3)20-11-14-7-9-24(10-8-14)28(4,26)27;/h13-15H,5-12H2,1-4H3,(H2,19,20,21);1H. The van der Waals surface area contributed by atoms with E-state index in [-0.39, 0.29) is 30.0 Å². The Hall–Kier alpha value is -0.950. The van der Waals surface area contributed by atoms with Crippen LogP contribution in [0.15, 0.2) is 4.99 Å². The third-order valence-corrected chi connectivity index (χ3v) is 6.86. The second-order valence-corrected chi connectivity index (χ2v) is 10.1. The van der Waals surface area contributed by atoms with Gasteiger partial charge in [-0.25, -0.2) is 22.4 Å². The van der Waals surface area contributed by atoms with E-state index >= 15 is 0 Å². The van der Waals surface area contributed by atoms with Gasteiger partial charge in [0.15, 0.2) is 11.8 Å². The van der Waals surface area contributed by atoms with Crippen LogP contribution in [0.5, 0.6) is 0 Å². The average molecular weight is 539 g/mol. The van der Waals surface area contributed by atoms with E-state index in [1.165, 1.54) is 6.26 Å². The maximum absolute atomic E-state index is 11.6. The lowest BCUT2D eigenvalue weighted by Gasteiger charge is -2.31. The van der Waals surface area contributed by atoms with Gasteiger partial charge in [0.1, 0.15) is 5.82 Å². The van der Waals surface area contributed by atoms with Crippen LogP contribution in [0.1, 0.15) is 50.7 Å². The second kappa shape index (κ2) is 10.4. The number of sulfonamides is 1. The summed E-state index contributed by atoms with van der Waals surface area (Å²) in [4.78, 5) is 8.99. The summed E-state index contributed by atoms with van der Waals surface area (Å²) >= 11 is 0. The molecule has 0 radical (unpaired) electrons. The molecule has 3 heterocycles. The van der Waals surface area contributed by atoms with Crippen molar-refractivity contribution in [1.29, 1.82) is 0 Å². The van der Waals surface area contributed by atoms with Gasteiger partial charge < -0.3 is 10.6 Å². The van der Waals surface area contributed by atoms with Crippen LogP contribution in [0.2, 0.25) is 0 Å². The fourth-order valence-electron chi connectivity index (χ4n) is 3.76. The van der Waals surface area contributed by atoms with Crippen molar-refractivity contribution in [3.63, 3.8) is 0 Å². The van der Waals surface area contributed by atoms with Crippen LogP contribution in [0, 0.1) is 5.92 Å². The predicted molar refractivity (Wildman–Crippen MR) is 125 cm³/mol. The Balaban J connectivity index is 0.00000300. The van der Waals surface area contributed by atoms with Gasteiger partial charge in [-0.1, -0.05) is 13.8 Å². The zero-order valence-electron chi connectivity index (χ0n) is 17.8. The lowest BCUT2D eigenvalue weighted by molar-refractivity contribution is 0.274. The van der Waals surface area contributed by atoms with E-state index in [4.69, 9.17) is 0 Å². The highest BCUT2D eigenvalue weighted by Gasteiger charge is 2.26. The predicted octanol–water partition coefficient (Wildman–Crippen LogP) is 1.17. The molecule has 29 heavy (non-hydrogen) atoms. The number of guanidine groups is 1. The molecule has 9 nitrogen and oxygen atoms in total. The molecule has 0 amide bonds. The van der Waals surface area contributed by atoms with Crippen LogP contribution in [0.4, 0.5) is 0 Å². The smallest absolute Gasteiger partial charge is 0.211 e. The minimum atomic E-state index is -3.07. The number of aromatic nitrogens is 3. The summed E-state index contributed by atoms with van der Waals surface area (Å²) in [6.07, 6.45) is 4.95. The van der Waals surface area contributed by atoms with Gasteiger partial charge in [-0.15, -0.1) is 24.0 Å². The molecular formula is C18H34IN7O2S. The Morgan fingerprint density at radius 2 is 1.97 bits per heavy atom. The molecule has 0 bridgehead atoms. The summed E-state index contributed by atoms with van der Waals surface area (Å²) in [6, 6.07) is 0.271. The molecular weight excluding hydrogens is 505 g/mol. The third-order valence-electron chi connectivity index (χ3n) is 5.56. The SMILES string of the molecule is CN=C(NCC1CCN(S(C)(=O)=O)CC1)NC1CCc2nc(C(C)C)nn2C1.I. The van der Waals surface area contributed by atoms with E-state index in [2.05, 4.69) is 39.6 Å². The number of piperidine rings is 1. The van der Waals surface area contributed by atoms with Crippen molar-refractivity contribution in [2.24, 2.45) is 10.9 Å². The monoisotopic (exact) mass is 539 g/mol. The minimum Gasteiger partial charge on any atom is -0.356 e. The van der Waals surface area contributed by atoms with Gasteiger partial charge in [-0.3, -0.25) is 4.99 Å². The van der Waals surface area contributed by atoms with E-state index in [0.717, 1.165) is 56.4 Å². The number of hydrogen-bond donors (Lipinski definition) is 2. The highest BCUT2D eigenvalue weighted by molar-refractivity contribution is 14.0. The van der Waals surface area contributed by atoms with E-state index in [1.54, 1.807) is 11.4 Å². The molecule has 1 atom stereocenters. The van der Waals surface area contributed by atoms with Gasteiger partial charge in [-0.2, -0.15) is 5.10 Å². The van der Waals surface area contributed by atoms with Crippen molar-refractivity contribution in [3.05, 3.63) is 11.6 Å². The summed E-state index contributed by atoms with van der Waals surface area (Å²) in [5, 5.41) is 11.5. The number of aliphatic imine (C=N–C) groups is 1. The van der Waals surface area contributed by atoms with E-state index in [0.29, 0.717) is 24.9 Å². The molecule has 0 saturated carbocycles. The molecule has 2 aliphatic rings. The summed E-state index contributed by atoms with van der Waals surface area (Å²) in [5.41, 5.74) is 0. The maximum Gasteiger partial charge on any atom is 0.211 e.